The number of aliphatic hydroxyl groups is 1. The Bertz CT molecular complexity index is 856. The zero-order chi connectivity index (χ0) is 21.0. The summed E-state index contributed by atoms with van der Waals surface area (Å²) < 4.78 is 56.5. The monoisotopic (exact) mass is 411 g/mol. The second-order valence-corrected chi connectivity index (χ2v) is 7.09. The average Bonchev–Trinajstić information content (AvgIpc) is 3.06. The smallest absolute Gasteiger partial charge is 0.416 e. The highest BCUT2D eigenvalue weighted by molar-refractivity contribution is 5.76. The van der Waals surface area contributed by atoms with Gasteiger partial charge in [0.05, 0.1) is 11.7 Å². The molecule has 156 valence electrons. The van der Waals surface area contributed by atoms with Gasteiger partial charge < -0.3 is 9.84 Å². The highest BCUT2D eigenvalue weighted by Gasteiger charge is 2.37. The second kappa shape index (κ2) is 8.92. The number of halogens is 4. The summed E-state index contributed by atoms with van der Waals surface area (Å²) in [7, 11) is 0. The van der Waals surface area contributed by atoms with Crippen LogP contribution in [0.5, 0.6) is 0 Å². The van der Waals surface area contributed by atoms with E-state index >= 15 is 0 Å². The van der Waals surface area contributed by atoms with Crippen LogP contribution in [0.2, 0.25) is 0 Å². The molecule has 2 aromatic carbocycles. The number of rotatable bonds is 6. The maximum Gasteiger partial charge on any atom is 0.416 e. The molecule has 0 aromatic heterocycles. The fraction of sp³-hybridized carbons (Fsp3) is 0.381. The van der Waals surface area contributed by atoms with E-state index in [2.05, 4.69) is 0 Å². The normalized spacial score (nSPS) is 20.0. The molecule has 0 amide bonds. The van der Waals surface area contributed by atoms with E-state index in [1.165, 1.54) is 12.1 Å². The zero-order valence-electron chi connectivity index (χ0n) is 15.5. The van der Waals surface area contributed by atoms with Gasteiger partial charge in [-0.15, -0.1) is 0 Å². The van der Waals surface area contributed by atoms with E-state index in [4.69, 9.17) is 4.74 Å². The molecule has 3 rings (SSSR count). The van der Waals surface area contributed by atoms with Crippen LogP contribution >= 0.6 is 0 Å². The van der Waals surface area contributed by atoms with Gasteiger partial charge in [-0.2, -0.15) is 13.2 Å². The number of aliphatic hydroxyl groups excluding tert-OH is 1. The number of alkyl halides is 4. The van der Waals surface area contributed by atoms with Gasteiger partial charge in [-0.1, -0.05) is 36.4 Å². The van der Waals surface area contributed by atoms with Gasteiger partial charge in [0.25, 0.3) is 0 Å². The van der Waals surface area contributed by atoms with Crippen LogP contribution in [0.1, 0.15) is 28.7 Å². The minimum atomic E-state index is -4.47. The summed E-state index contributed by atoms with van der Waals surface area (Å²) in [6.45, 7) is -0.309. The Labute approximate surface area is 165 Å². The van der Waals surface area contributed by atoms with Crippen LogP contribution in [0.4, 0.5) is 17.6 Å². The molecule has 1 aliphatic rings. The molecular weight excluding hydrogens is 390 g/mol. The van der Waals surface area contributed by atoms with Gasteiger partial charge in [0, 0.05) is 19.5 Å². The molecule has 0 saturated carbocycles. The number of likely N-dealkylation sites (tertiary alicyclic amines) is 1. The third-order valence-corrected chi connectivity index (χ3v) is 4.82. The lowest BCUT2D eigenvalue weighted by atomic mass is 10.1. The van der Waals surface area contributed by atoms with Crippen molar-refractivity contribution in [1.82, 2.24) is 4.90 Å². The van der Waals surface area contributed by atoms with E-state index in [9.17, 15) is 27.5 Å². The van der Waals surface area contributed by atoms with E-state index in [-0.39, 0.29) is 25.1 Å². The summed E-state index contributed by atoms with van der Waals surface area (Å²) in [6, 6.07) is 10.8. The predicted molar refractivity (Wildman–Crippen MR) is 97.3 cm³/mol. The molecule has 2 aromatic rings. The fourth-order valence-electron chi connectivity index (χ4n) is 3.43. The van der Waals surface area contributed by atoms with Gasteiger partial charge in [-0.05, 0) is 28.8 Å². The standard InChI is InChI=1S/C21H21F4NO3/c22-10-14-3-1-4-15(7-14)11-26-12-18(27)9-19(26)20(28)29-13-16-5-2-6-17(8-16)21(23,24)25/h1-8,18-19,27H,9-13H2/t18-,19-/m1/s1. The Balaban J connectivity index is 1.64. The minimum Gasteiger partial charge on any atom is -0.460 e. The quantitative estimate of drug-likeness (QED) is 0.580. The summed E-state index contributed by atoms with van der Waals surface area (Å²) in [5.41, 5.74) is 0.737. The van der Waals surface area contributed by atoms with Crippen molar-refractivity contribution in [2.24, 2.45) is 0 Å². The van der Waals surface area contributed by atoms with Gasteiger partial charge in [-0.3, -0.25) is 9.69 Å². The SMILES string of the molecule is O=C(OCc1cccc(C(F)(F)F)c1)[C@H]1C[C@@H](O)CN1Cc1cccc(CF)c1. The number of benzene rings is 2. The zero-order valence-corrected chi connectivity index (χ0v) is 15.5. The van der Waals surface area contributed by atoms with Gasteiger partial charge in [0.2, 0.25) is 0 Å². The first-order valence-electron chi connectivity index (χ1n) is 9.15. The maximum atomic E-state index is 12.9. The average molecular weight is 411 g/mol. The largest absolute Gasteiger partial charge is 0.460 e. The molecule has 0 unspecified atom stereocenters. The third-order valence-electron chi connectivity index (χ3n) is 4.82. The van der Waals surface area contributed by atoms with E-state index in [1.807, 2.05) is 0 Å². The van der Waals surface area contributed by atoms with Gasteiger partial charge in [0.1, 0.15) is 19.3 Å². The molecule has 2 atom stereocenters. The van der Waals surface area contributed by atoms with Crippen LogP contribution in [0.3, 0.4) is 0 Å². The molecule has 1 fully saturated rings. The first-order valence-corrected chi connectivity index (χ1v) is 9.15. The van der Waals surface area contributed by atoms with Crippen molar-refractivity contribution >= 4 is 5.97 Å². The van der Waals surface area contributed by atoms with Crippen LogP contribution in [0, 0.1) is 0 Å². The van der Waals surface area contributed by atoms with Crippen LogP contribution < -0.4 is 0 Å². The number of nitrogens with zero attached hydrogens (tertiary/aromatic N) is 1. The summed E-state index contributed by atoms with van der Waals surface area (Å²) in [4.78, 5) is 14.2. The molecule has 1 saturated heterocycles. The highest BCUT2D eigenvalue weighted by atomic mass is 19.4. The van der Waals surface area contributed by atoms with Crippen molar-refractivity contribution in [2.75, 3.05) is 6.54 Å². The molecule has 29 heavy (non-hydrogen) atoms. The van der Waals surface area contributed by atoms with E-state index < -0.39 is 36.5 Å². The molecule has 4 nitrogen and oxygen atoms in total. The maximum absolute atomic E-state index is 12.9. The molecule has 1 aliphatic heterocycles. The van der Waals surface area contributed by atoms with Gasteiger partial charge >= 0.3 is 12.1 Å². The Morgan fingerprint density at radius 2 is 1.79 bits per heavy atom. The van der Waals surface area contributed by atoms with Gasteiger partial charge in [0.15, 0.2) is 0 Å². The molecule has 1 heterocycles. The third kappa shape index (κ3) is 5.55. The first-order chi connectivity index (χ1) is 13.8. The van der Waals surface area contributed by atoms with Crippen molar-refractivity contribution in [3.63, 3.8) is 0 Å². The molecule has 0 radical (unpaired) electrons. The van der Waals surface area contributed by atoms with Gasteiger partial charge in [-0.25, -0.2) is 4.39 Å². The van der Waals surface area contributed by atoms with Crippen molar-refractivity contribution in [2.45, 2.75) is 44.6 Å². The van der Waals surface area contributed by atoms with Crippen molar-refractivity contribution in [3.8, 4) is 0 Å². The fourth-order valence-corrected chi connectivity index (χ4v) is 3.43. The second-order valence-electron chi connectivity index (χ2n) is 7.09. The summed E-state index contributed by atoms with van der Waals surface area (Å²) in [5, 5.41) is 9.97. The summed E-state index contributed by atoms with van der Waals surface area (Å²) in [5.74, 6) is -0.611. The number of esters is 1. The predicted octanol–water partition coefficient (Wildman–Crippen LogP) is 3.85. The van der Waals surface area contributed by atoms with Crippen LogP contribution in [-0.4, -0.2) is 34.7 Å². The van der Waals surface area contributed by atoms with Crippen molar-refractivity contribution < 1.29 is 32.2 Å². The number of carbonyl (C=O) groups is 1. The lowest BCUT2D eigenvalue weighted by molar-refractivity contribution is -0.150. The Morgan fingerprint density at radius 3 is 2.52 bits per heavy atom. The molecule has 8 heteroatoms. The minimum absolute atomic E-state index is 0.171. The summed E-state index contributed by atoms with van der Waals surface area (Å²) >= 11 is 0. The van der Waals surface area contributed by atoms with E-state index in [1.54, 1.807) is 29.2 Å². The van der Waals surface area contributed by atoms with E-state index in [0.29, 0.717) is 12.1 Å². The molecule has 0 aliphatic carbocycles. The molecule has 1 N–H and O–H groups in total. The van der Waals surface area contributed by atoms with Crippen LogP contribution in [0.25, 0.3) is 0 Å². The van der Waals surface area contributed by atoms with Crippen LogP contribution in [-0.2, 0) is 35.5 Å². The lowest BCUT2D eigenvalue weighted by Crippen LogP contribution is -2.36. The lowest BCUT2D eigenvalue weighted by Gasteiger charge is -2.23. The first kappa shape index (κ1) is 21.3. The highest BCUT2D eigenvalue weighted by Crippen LogP contribution is 2.30. The number of β-amino-alcohol motifs (C(OH)–C–C–N with tert-alkyl or cyclic N) is 1. The van der Waals surface area contributed by atoms with Crippen molar-refractivity contribution in [3.05, 3.63) is 70.8 Å². The van der Waals surface area contributed by atoms with E-state index in [0.717, 1.165) is 17.7 Å². The van der Waals surface area contributed by atoms with Crippen molar-refractivity contribution in [1.29, 1.82) is 0 Å². The molecule has 0 bridgehead atoms. The Morgan fingerprint density at radius 1 is 1.10 bits per heavy atom. The molecular formula is C21H21F4NO3. The number of ether oxygens (including phenoxy) is 1. The summed E-state index contributed by atoms with van der Waals surface area (Å²) in [6.07, 6.45) is -5.02. The Kier molecular flexibility index (Phi) is 6.54. The van der Waals surface area contributed by atoms with Crippen LogP contribution in [0.15, 0.2) is 48.5 Å². The number of carbonyl (C=O) groups excluding carboxylic acids is 1. The topological polar surface area (TPSA) is 49.8 Å². The molecule has 0 spiro atoms. The Hall–Kier alpha value is -2.45. The number of hydrogen-bond acceptors (Lipinski definition) is 4. The number of hydrogen-bond donors (Lipinski definition) is 1.